The number of aliphatic imine (C=N–C) groups is 1. The van der Waals surface area contributed by atoms with Crippen LogP contribution in [-0.2, 0) is 4.79 Å². The van der Waals surface area contributed by atoms with Crippen LogP contribution in [0.15, 0.2) is 83.5 Å². The van der Waals surface area contributed by atoms with Gasteiger partial charge in [0.2, 0.25) is 0 Å². The highest BCUT2D eigenvalue weighted by Crippen LogP contribution is 2.28. The molecule has 0 fully saturated rings. The van der Waals surface area contributed by atoms with E-state index in [-0.39, 0.29) is 11.7 Å². The molecule has 30 heavy (non-hydrogen) atoms. The second-order valence-corrected chi connectivity index (χ2v) is 6.95. The maximum atomic E-state index is 13.4. The van der Waals surface area contributed by atoms with Gasteiger partial charge in [0, 0.05) is 5.56 Å². The first-order valence-electron chi connectivity index (χ1n) is 9.75. The molecule has 0 bridgehead atoms. The molecule has 1 amide bonds. The number of hydrogen-bond acceptors (Lipinski definition) is 3. The molecule has 0 unspecified atom stereocenters. The lowest BCUT2D eigenvalue weighted by Gasteiger charge is -2.18. The molecule has 0 radical (unpaired) electrons. The number of anilines is 1. The minimum Gasteiger partial charge on any atom is -0.494 e. The minimum absolute atomic E-state index is 0.258. The van der Waals surface area contributed by atoms with E-state index >= 15 is 0 Å². The van der Waals surface area contributed by atoms with Gasteiger partial charge >= 0.3 is 0 Å². The summed E-state index contributed by atoms with van der Waals surface area (Å²) in [4.78, 5) is 19.4. The average Bonchev–Trinajstić information content (AvgIpc) is 3.07. The Morgan fingerprint density at radius 1 is 0.967 bits per heavy atom. The van der Waals surface area contributed by atoms with Gasteiger partial charge in [0.1, 0.15) is 23.1 Å². The van der Waals surface area contributed by atoms with Gasteiger partial charge in [-0.2, -0.15) is 0 Å². The van der Waals surface area contributed by atoms with Gasteiger partial charge in [0.05, 0.1) is 12.3 Å². The molecule has 150 valence electrons. The first kappa shape index (κ1) is 19.6. The van der Waals surface area contributed by atoms with Crippen molar-refractivity contribution in [2.75, 3.05) is 11.5 Å². The number of rotatable bonds is 5. The zero-order valence-electron chi connectivity index (χ0n) is 16.8. The average molecular weight is 400 g/mol. The molecule has 0 saturated carbocycles. The maximum Gasteiger partial charge on any atom is 0.282 e. The summed E-state index contributed by atoms with van der Waals surface area (Å²) in [5, 5.41) is 0. The van der Waals surface area contributed by atoms with Crippen LogP contribution in [0.4, 0.5) is 10.1 Å². The second-order valence-electron chi connectivity index (χ2n) is 6.95. The van der Waals surface area contributed by atoms with Gasteiger partial charge in [-0.3, -0.25) is 9.69 Å². The number of benzene rings is 3. The Kier molecular flexibility index (Phi) is 5.44. The largest absolute Gasteiger partial charge is 0.494 e. The summed E-state index contributed by atoms with van der Waals surface area (Å²) in [5.41, 5.74) is 3.65. The zero-order valence-corrected chi connectivity index (χ0v) is 16.8. The summed E-state index contributed by atoms with van der Waals surface area (Å²) in [6, 6.07) is 21.1. The van der Waals surface area contributed by atoms with Crippen molar-refractivity contribution < 1.29 is 13.9 Å². The molecule has 3 aromatic carbocycles. The van der Waals surface area contributed by atoms with Crippen molar-refractivity contribution in [1.82, 2.24) is 0 Å². The van der Waals surface area contributed by atoms with E-state index in [4.69, 9.17) is 4.74 Å². The number of nitrogens with zero attached hydrogens (tertiary/aromatic N) is 2. The molecule has 1 aliphatic rings. The number of ether oxygens (including phenoxy) is 1. The zero-order chi connectivity index (χ0) is 21.1. The number of carbonyl (C=O) groups excluding carboxylic acids is 1. The molecule has 4 nitrogen and oxygen atoms in total. The fraction of sp³-hybridized carbons (Fsp3) is 0.120. The van der Waals surface area contributed by atoms with Crippen molar-refractivity contribution in [2.45, 2.75) is 13.8 Å². The summed E-state index contributed by atoms with van der Waals surface area (Å²) >= 11 is 0. The van der Waals surface area contributed by atoms with Gasteiger partial charge < -0.3 is 4.74 Å². The van der Waals surface area contributed by atoms with Crippen molar-refractivity contribution in [3.05, 3.63) is 101 Å². The van der Waals surface area contributed by atoms with Gasteiger partial charge in [-0.1, -0.05) is 42.0 Å². The van der Waals surface area contributed by atoms with Crippen LogP contribution in [0, 0.1) is 12.7 Å². The van der Waals surface area contributed by atoms with Crippen LogP contribution in [0.3, 0.4) is 0 Å². The summed E-state index contributed by atoms with van der Waals surface area (Å²) in [5.74, 6) is 0.674. The smallest absolute Gasteiger partial charge is 0.282 e. The van der Waals surface area contributed by atoms with Crippen molar-refractivity contribution >= 4 is 23.5 Å². The third-order valence-electron chi connectivity index (χ3n) is 4.75. The third-order valence-corrected chi connectivity index (χ3v) is 4.75. The fourth-order valence-electron chi connectivity index (χ4n) is 3.23. The van der Waals surface area contributed by atoms with Crippen molar-refractivity contribution in [3.63, 3.8) is 0 Å². The van der Waals surface area contributed by atoms with E-state index in [2.05, 4.69) is 4.99 Å². The Bertz CT molecular complexity index is 1120. The molecular formula is C25H21FN2O2. The molecule has 0 aliphatic carbocycles. The van der Waals surface area contributed by atoms with Crippen molar-refractivity contribution in [3.8, 4) is 5.75 Å². The molecule has 1 heterocycles. The molecule has 1 aliphatic heterocycles. The van der Waals surface area contributed by atoms with E-state index < -0.39 is 0 Å². The highest BCUT2D eigenvalue weighted by atomic mass is 19.1. The van der Waals surface area contributed by atoms with E-state index in [0.717, 1.165) is 22.4 Å². The Labute approximate surface area is 175 Å². The summed E-state index contributed by atoms with van der Waals surface area (Å²) in [6.07, 6.45) is 1.75. The second kappa shape index (κ2) is 8.33. The predicted octanol–water partition coefficient (Wildman–Crippen LogP) is 5.37. The molecule has 0 saturated heterocycles. The molecule has 5 heteroatoms. The number of halogens is 1. The number of aryl methyl sites for hydroxylation is 1. The molecule has 0 aromatic heterocycles. The van der Waals surface area contributed by atoms with Crippen LogP contribution in [0.1, 0.15) is 23.6 Å². The summed E-state index contributed by atoms with van der Waals surface area (Å²) in [7, 11) is 0. The van der Waals surface area contributed by atoms with E-state index in [0.29, 0.717) is 23.8 Å². The Morgan fingerprint density at radius 3 is 2.27 bits per heavy atom. The monoisotopic (exact) mass is 400 g/mol. The maximum absolute atomic E-state index is 13.4. The van der Waals surface area contributed by atoms with Crippen molar-refractivity contribution in [2.24, 2.45) is 4.99 Å². The third kappa shape index (κ3) is 4.01. The molecule has 3 aromatic rings. The van der Waals surface area contributed by atoms with Gasteiger partial charge in [-0.25, -0.2) is 9.38 Å². The number of amidine groups is 1. The van der Waals surface area contributed by atoms with Crippen LogP contribution in [0.25, 0.3) is 6.08 Å². The Balaban J connectivity index is 1.75. The lowest BCUT2D eigenvalue weighted by Crippen LogP contribution is -2.32. The van der Waals surface area contributed by atoms with Gasteiger partial charge in [0.25, 0.3) is 5.91 Å². The molecule has 0 spiro atoms. The van der Waals surface area contributed by atoms with E-state index in [1.807, 2.05) is 62.4 Å². The first-order chi connectivity index (χ1) is 14.5. The van der Waals surface area contributed by atoms with E-state index in [9.17, 15) is 9.18 Å². The predicted molar refractivity (Wildman–Crippen MR) is 117 cm³/mol. The number of carbonyl (C=O) groups is 1. The van der Waals surface area contributed by atoms with Gasteiger partial charge in [-0.15, -0.1) is 0 Å². The van der Waals surface area contributed by atoms with Crippen LogP contribution in [0.5, 0.6) is 5.75 Å². The summed E-state index contributed by atoms with van der Waals surface area (Å²) in [6.45, 7) is 4.52. The molecule has 0 atom stereocenters. The Hall–Kier alpha value is -3.73. The highest BCUT2D eigenvalue weighted by Gasteiger charge is 2.32. The standard InChI is InChI=1S/C25H21FN2O2/c1-3-30-22-14-6-18(7-15-22)16-23-25(29)28(21-12-10-20(26)11-13-21)24(27-23)19-8-4-17(2)5-9-19/h4-16H,3H2,1-2H3/b23-16-. The fourth-order valence-corrected chi connectivity index (χ4v) is 3.23. The van der Waals surface area contributed by atoms with Crippen LogP contribution in [-0.4, -0.2) is 18.3 Å². The van der Waals surface area contributed by atoms with Gasteiger partial charge in [0.15, 0.2) is 0 Å². The lowest BCUT2D eigenvalue weighted by atomic mass is 10.1. The number of amides is 1. The van der Waals surface area contributed by atoms with E-state index in [1.165, 1.54) is 17.0 Å². The first-order valence-corrected chi connectivity index (χ1v) is 9.75. The molecule has 4 rings (SSSR count). The van der Waals surface area contributed by atoms with Crippen LogP contribution >= 0.6 is 0 Å². The SMILES string of the molecule is CCOc1ccc(/C=C2\N=C(c3ccc(C)cc3)N(c3ccc(F)cc3)C2=O)cc1. The topological polar surface area (TPSA) is 41.9 Å². The van der Waals surface area contributed by atoms with Crippen LogP contribution in [0.2, 0.25) is 0 Å². The Morgan fingerprint density at radius 2 is 1.63 bits per heavy atom. The quantitative estimate of drug-likeness (QED) is 0.541. The normalized spacial score (nSPS) is 14.9. The molecular weight excluding hydrogens is 379 g/mol. The van der Waals surface area contributed by atoms with Crippen molar-refractivity contribution in [1.29, 1.82) is 0 Å². The summed E-state index contributed by atoms with van der Waals surface area (Å²) < 4.78 is 18.9. The minimum atomic E-state index is -0.357. The van der Waals surface area contributed by atoms with Crippen LogP contribution < -0.4 is 9.64 Å². The molecule has 0 N–H and O–H groups in total. The van der Waals surface area contributed by atoms with Gasteiger partial charge in [-0.05, 0) is 61.9 Å². The van der Waals surface area contributed by atoms with E-state index in [1.54, 1.807) is 18.2 Å². The number of hydrogen-bond donors (Lipinski definition) is 0. The highest BCUT2D eigenvalue weighted by molar-refractivity contribution is 6.33. The lowest BCUT2D eigenvalue weighted by molar-refractivity contribution is -0.113.